The maximum atomic E-state index is 13.1. The van der Waals surface area contributed by atoms with Crippen LogP contribution in [0.3, 0.4) is 0 Å². The van der Waals surface area contributed by atoms with E-state index in [2.05, 4.69) is 10.6 Å². The standard InChI is InChI=1S/C12H14FN3O/c1-15-12(17)2-3-16-8-10-4-9(7-14)5-11(13)6-10/h4-6,16H,2-3,8H2,1H3,(H,15,17). The Morgan fingerprint density at radius 1 is 1.47 bits per heavy atom. The van der Waals surface area contributed by atoms with Crippen LogP contribution in [-0.2, 0) is 11.3 Å². The molecule has 90 valence electrons. The van der Waals surface area contributed by atoms with Gasteiger partial charge < -0.3 is 10.6 Å². The van der Waals surface area contributed by atoms with E-state index in [-0.39, 0.29) is 5.91 Å². The highest BCUT2D eigenvalue weighted by molar-refractivity contribution is 5.75. The molecular formula is C12H14FN3O. The number of carbonyl (C=O) groups is 1. The molecule has 0 radical (unpaired) electrons. The lowest BCUT2D eigenvalue weighted by Gasteiger charge is -2.05. The van der Waals surface area contributed by atoms with E-state index in [1.807, 2.05) is 6.07 Å². The molecule has 0 saturated carbocycles. The van der Waals surface area contributed by atoms with Gasteiger partial charge in [0.05, 0.1) is 11.6 Å². The number of carbonyl (C=O) groups excluding carboxylic acids is 1. The van der Waals surface area contributed by atoms with Crippen LogP contribution in [0.2, 0.25) is 0 Å². The number of nitrogens with one attached hydrogen (secondary N) is 2. The molecule has 0 fully saturated rings. The van der Waals surface area contributed by atoms with E-state index in [9.17, 15) is 9.18 Å². The van der Waals surface area contributed by atoms with Gasteiger partial charge >= 0.3 is 0 Å². The lowest BCUT2D eigenvalue weighted by Crippen LogP contribution is -2.24. The number of hydrogen-bond donors (Lipinski definition) is 2. The van der Waals surface area contributed by atoms with Gasteiger partial charge in [-0.3, -0.25) is 4.79 Å². The van der Waals surface area contributed by atoms with E-state index in [1.54, 1.807) is 13.1 Å². The number of nitriles is 1. The van der Waals surface area contributed by atoms with E-state index in [0.717, 1.165) is 0 Å². The fraction of sp³-hybridized carbons (Fsp3) is 0.333. The fourth-order valence-corrected chi connectivity index (χ4v) is 1.38. The van der Waals surface area contributed by atoms with Crippen LogP contribution in [0.15, 0.2) is 18.2 Å². The summed E-state index contributed by atoms with van der Waals surface area (Å²) in [6.07, 6.45) is 0.372. The van der Waals surface area contributed by atoms with Crippen LogP contribution in [0.4, 0.5) is 4.39 Å². The minimum atomic E-state index is -0.424. The third kappa shape index (κ3) is 4.62. The summed E-state index contributed by atoms with van der Waals surface area (Å²) < 4.78 is 13.1. The molecule has 1 aromatic carbocycles. The fourth-order valence-electron chi connectivity index (χ4n) is 1.38. The molecule has 0 saturated heterocycles. The predicted octanol–water partition coefficient (Wildman–Crippen LogP) is 0.923. The maximum absolute atomic E-state index is 13.1. The van der Waals surface area contributed by atoms with Crippen LogP contribution in [0, 0.1) is 17.1 Å². The van der Waals surface area contributed by atoms with Gasteiger partial charge in [-0.1, -0.05) is 0 Å². The summed E-state index contributed by atoms with van der Waals surface area (Å²) in [5.74, 6) is -0.471. The van der Waals surface area contributed by atoms with Crippen molar-refractivity contribution in [2.24, 2.45) is 0 Å². The van der Waals surface area contributed by atoms with Crippen LogP contribution in [0.1, 0.15) is 17.5 Å². The third-order valence-corrected chi connectivity index (χ3v) is 2.22. The molecule has 0 aromatic heterocycles. The summed E-state index contributed by atoms with van der Waals surface area (Å²) in [5.41, 5.74) is 0.992. The Morgan fingerprint density at radius 3 is 2.88 bits per heavy atom. The van der Waals surface area contributed by atoms with Gasteiger partial charge in [0.1, 0.15) is 5.82 Å². The SMILES string of the molecule is CNC(=O)CCNCc1cc(F)cc(C#N)c1. The van der Waals surface area contributed by atoms with Crippen molar-refractivity contribution in [1.82, 2.24) is 10.6 Å². The first-order chi connectivity index (χ1) is 8.15. The normalized spacial score (nSPS) is 9.71. The number of halogens is 1. The van der Waals surface area contributed by atoms with Gasteiger partial charge in [-0.05, 0) is 23.8 Å². The quantitative estimate of drug-likeness (QED) is 0.746. The molecule has 0 aliphatic heterocycles. The summed E-state index contributed by atoms with van der Waals surface area (Å²) in [7, 11) is 1.58. The van der Waals surface area contributed by atoms with E-state index >= 15 is 0 Å². The van der Waals surface area contributed by atoms with Gasteiger partial charge in [0, 0.05) is 26.6 Å². The minimum absolute atomic E-state index is 0.0468. The van der Waals surface area contributed by atoms with Gasteiger partial charge in [-0.2, -0.15) is 5.26 Å². The number of nitrogens with zero attached hydrogens (tertiary/aromatic N) is 1. The largest absolute Gasteiger partial charge is 0.359 e. The van der Waals surface area contributed by atoms with Crippen molar-refractivity contribution in [3.05, 3.63) is 35.1 Å². The van der Waals surface area contributed by atoms with Crippen molar-refractivity contribution in [3.8, 4) is 6.07 Å². The van der Waals surface area contributed by atoms with E-state index in [0.29, 0.717) is 30.6 Å². The molecule has 0 spiro atoms. The summed E-state index contributed by atoms with van der Waals surface area (Å²) >= 11 is 0. The van der Waals surface area contributed by atoms with E-state index < -0.39 is 5.82 Å². The smallest absolute Gasteiger partial charge is 0.221 e. The van der Waals surface area contributed by atoms with Crippen LogP contribution in [0.25, 0.3) is 0 Å². The Balaban J connectivity index is 2.44. The lowest BCUT2D eigenvalue weighted by molar-refractivity contribution is -0.120. The van der Waals surface area contributed by atoms with Crippen molar-refractivity contribution in [1.29, 1.82) is 5.26 Å². The zero-order valence-electron chi connectivity index (χ0n) is 9.59. The topological polar surface area (TPSA) is 64.9 Å². The van der Waals surface area contributed by atoms with Crippen molar-refractivity contribution in [3.63, 3.8) is 0 Å². The van der Waals surface area contributed by atoms with Crippen molar-refractivity contribution in [2.75, 3.05) is 13.6 Å². The van der Waals surface area contributed by atoms with Crippen LogP contribution in [0.5, 0.6) is 0 Å². The molecule has 5 heteroatoms. The van der Waals surface area contributed by atoms with Gasteiger partial charge in [0.25, 0.3) is 0 Å². The van der Waals surface area contributed by atoms with E-state index in [1.165, 1.54) is 12.1 Å². The zero-order valence-corrected chi connectivity index (χ0v) is 9.59. The molecule has 0 atom stereocenters. The predicted molar refractivity (Wildman–Crippen MR) is 61.5 cm³/mol. The van der Waals surface area contributed by atoms with Gasteiger partial charge in [0.15, 0.2) is 0 Å². The highest BCUT2D eigenvalue weighted by atomic mass is 19.1. The van der Waals surface area contributed by atoms with E-state index in [4.69, 9.17) is 5.26 Å². The molecule has 17 heavy (non-hydrogen) atoms. The minimum Gasteiger partial charge on any atom is -0.359 e. The van der Waals surface area contributed by atoms with Crippen LogP contribution < -0.4 is 10.6 Å². The second-order valence-electron chi connectivity index (χ2n) is 3.56. The molecule has 0 aliphatic carbocycles. The molecule has 1 amide bonds. The molecule has 4 nitrogen and oxygen atoms in total. The zero-order chi connectivity index (χ0) is 12.7. The molecule has 0 unspecified atom stereocenters. The van der Waals surface area contributed by atoms with Crippen molar-refractivity contribution in [2.45, 2.75) is 13.0 Å². The second-order valence-corrected chi connectivity index (χ2v) is 3.56. The number of amides is 1. The first kappa shape index (κ1) is 13.1. The second kappa shape index (κ2) is 6.61. The average Bonchev–Trinajstić information content (AvgIpc) is 2.33. The van der Waals surface area contributed by atoms with Gasteiger partial charge in [-0.15, -0.1) is 0 Å². The first-order valence-corrected chi connectivity index (χ1v) is 5.26. The molecule has 1 aromatic rings. The Labute approximate surface area is 99.4 Å². The molecule has 2 N–H and O–H groups in total. The Hall–Kier alpha value is -1.93. The molecule has 0 bridgehead atoms. The summed E-state index contributed by atoms with van der Waals surface area (Å²) in [5, 5.41) is 14.2. The highest BCUT2D eigenvalue weighted by Crippen LogP contribution is 2.08. The van der Waals surface area contributed by atoms with Crippen LogP contribution >= 0.6 is 0 Å². The third-order valence-electron chi connectivity index (χ3n) is 2.22. The number of hydrogen-bond acceptors (Lipinski definition) is 3. The Bertz CT molecular complexity index is 440. The number of benzene rings is 1. The van der Waals surface area contributed by atoms with Crippen molar-refractivity contribution >= 4 is 5.91 Å². The van der Waals surface area contributed by atoms with Gasteiger partial charge in [-0.25, -0.2) is 4.39 Å². The van der Waals surface area contributed by atoms with Gasteiger partial charge in [0.2, 0.25) is 5.91 Å². The summed E-state index contributed by atoms with van der Waals surface area (Å²) in [6.45, 7) is 0.946. The van der Waals surface area contributed by atoms with Crippen LogP contribution in [-0.4, -0.2) is 19.5 Å². The number of rotatable bonds is 5. The average molecular weight is 235 g/mol. The molecular weight excluding hydrogens is 221 g/mol. The summed E-state index contributed by atoms with van der Waals surface area (Å²) in [4.78, 5) is 10.9. The molecule has 1 rings (SSSR count). The first-order valence-electron chi connectivity index (χ1n) is 5.26. The lowest BCUT2D eigenvalue weighted by atomic mass is 10.1. The molecule has 0 aliphatic rings. The van der Waals surface area contributed by atoms with Crippen molar-refractivity contribution < 1.29 is 9.18 Å². The Morgan fingerprint density at radius 2 is 2.24 bits per heavy atom. The highest BCUT2D eigenvalue weighted by Gasteiger charge is 2.01. The molecule has 0 heterocycles. The maximum Gasteiger partial charge on any atom is 0.221 e. The monoisotopic (exact) mass is 235 g/mol. The Kier molecular flexibility index (Phi) is 5.11. The summed E-state index contributed by atoms with van der Waals surface area (Å²) in [6, 6.07) is 6.07.